The van der Waals surface area contributed by atoms with Gasteiger partial charge < -0.3 is 14.8 Å². The summed E-state index contributed by atoms with van der Waals surface area (Å²) in [7, 11) is 3.05. The van der Waals surface area contributed by atoms with E-state index in [-0.39, 0.29) is 5.57 Å². The number of carbonyl (C=O) groups is 1. The number of methoxy groups -OCH3 is 2. The molecule has 1 aromatic carbocycles. The predicted octanol–water partition coefficient (Wildman–Crippen LogP) is 3.87. The van der Waals surface area contributed by atoms with Gasteiger partial charge in [-0.25, -0.2) is 0 Å². The van der Waals surface area contributed by atoms with Crippen LogP contribution in [0.2, 0.25) is 0 Å². The Balaban J connectivity index is 2.22. The zero-order chi connectivity index (χ0) is 17.5. The van der Waals surface area contributed by atoms with Crippen molar-refractivity contribution < 1.29 is 14.3 Å². The molecule has 0 fully saturated rings. The third-order valence-corrected chi connectivity index (χ3v) is 4.52. The summed E-state index contributed by atoms with van der Waals surface area (Å²) in [5.41, 5.74) is 0.516. The highest BCUT2D eigenvalue weighted by Crippen LogP contribution is 2.29. The summed E-state index contributed by atoms with van der Waals surface area (Å²) in [6.07, 6.45) is 2.52. The number of hydrogen-bond donors (Lipinski definition) is 1. The molecule has 2 aromatic rings. The van der Waals surface area contributed by atoms with Crippen LogP contribution in [0, 0.1) is 11.3 Å². The van der Waals surface area contributed by atoms with Gasteiger partial charge in [0, 0.05) is 15.8 Å². The molecule has 0 saturated heterocycles. The zero-order valence-electron chi connectivity index (χ0n) is 13.8. The molecule has 0 bridgehead atoms. The molecular weight excluding hydrogens is 324 g/mol. The number of nitrogens with zero attached hydrogens (tertiary/aromatic N) is 1. The molecule has 0 saturated carbocycles. The minimum Gasteiger partial charge on any atom is -0.497 e. The molecule has 24 heavy (non-hydrogen) atoms. The van der Waals surface area contributed by atoms with E-state index in [1.165, 1.54) is 12.0 Å². The van der Waals surface area contributed by atoms with Crippen LogP contribution in [0.3, 0.4) is 0 Å². The van der Waals surface area contributed by atoms with Crippen molar-refractivity contribution in [3.8, 4) is 17.6 Å². The van der Waals surface area contributed by atoms with Gasteiger partial charge in [-0.05, 0) is 36.8 Å². The van der Waals surface area contributed by atoms with E-state index in [1.54, 1.807) is 42.7 Å². The summed E-state index contributed by atoms with van der Waals surface area (Å²) in [4.78, 5) is 14.4. The first-order valence-electron chi connectivity index (χ1n) is 7.35. The lowest BCUT2D eigenvalue weighted by Gasteiger charge is -2.11. The topological polar surface area (TPSA) is 71.4 Å². The maximum absolute atomic E-state index is 12.4. The first-order valence-corrected chi connectivity index (χ1v) is 8.16. The molecule has 0 aliphatic carbocycles. The van der Waals surface area contributed by atoms with Gasteiger partial charge in [0.25, 0.3) is 5.91 Å². The molecule has 1 N–H and O–H groups in total. The van der Waals surface area contributed by atoms with Gasteiger partial charge in [0.15, 0.2) is 0 Å². The number of nitrogens with one attached hydrogen (secondary N) is 1. The van der Waals surface area contributed by atoms with E-state index in [1.807, 2.05) is 18.2 Å². The highest BCUT2D eigenvalue weighted by atomic mass is 32.1. The molecular formula is C18H18N2O3S. The zero-order valence-corrected chi connectivity index (χ0v) is 14.6. The molecule has 124 valence electrons. The normalized spacial score (nSPS) is 10.8. The van der Waals surface area contributed by atoms with Crippen molar-refractivity contribution in [1.82, 2.24) is 0 Å². The monoisotopic (exact) mass is 342 g/mol. The summed E-state index contributed by atoms with van der Waals surface area (Å²) in [6.45, 7) is 2.06. The molecule has 1 amide bonds. The molecule has 0 unspecified atom stereocenters. The molecule has 5 nitrogen and oxygen atoms in total. The summed E-state index contributed by atoms with van der Waals surface area (Å²) in [6, 6.07) is 10.9. The molecule has 0 atom stereocenters. The quantitative estimate of drug-likeness (QED) is 0.639. The van der Waals surface area contributed by atoms with Gasteiger partial charge >= 0.3 is 0 Å². The van der Waals surface area contributed by atoms with E-state index in [0.29, 0.717) is 17.2 Å². The number of thiophene rings is 1. The lowest BCUT2D eigenvalue weighted by molar-refractivity contribution is -0.112. The van der Waals surface area contributed by atoms with Crippen molar-refractivity contribution in [2.45, 2.75) is 13.3 Å². The van der Waals surface area contributed by atoms with E-state index in [4.69, 9.17) is 9.47 Å². The maximum Gasteiger partial charge on any atom is 0.266 e. The minimum atomic E-state index is -0.479. The van der Waals surface area contributed by atoms with Crippen molar-refractivity contribution in [2.75, 3.05) is 19.5 Å². The lowest BCUT2D eigenvalue weighted by atomic mass is 10.2. The second kappa shape index (κ2) is 8.18. The molecule has 0 aliphatic heterocycles. The van der Waals surface area contributed by atoms with Gasteiger partial charge in [0.05, 0.1) is 19.9 Å². The lowest BCUT2D eigenvalue weighted by Crippen LogP contribution is -2.14. The summed E-state index contributed by atoms with van der Waals surface area (Å²) < 4.78 is 10.4. The third-order valence-electron chi connectivity index (χ3n) is 3.34. The van der Waals surface area contributed by atoms with Gasteiger partial charge in [0.1, 0.15) is 23.1 Å². The molecule has 0 radical (unpaired) electrons. The largest absolute Gasteiger partial charge is 0.497 e. The van der Waals surface area contributed by atoms with Crippen molar-refractivity contribution in [1.29, 1.82) is 5.26 Å². The molecule has 2 rings (SSSR count). The SMILES string of the molecule is CCc1ccc(C=C(C#N)C(=O)Nc2ccc(OC)cc2OC)s1. The smallest absolute Gasteiger partial charge is 0.266 e. The van der Waals surface area contributed by atoms with Gasteiger partial charge in [-0.2, -0.15) is 5.26 Å². The summed E-state index contributed by atoms with van der Waals surface area (Å²) in [5, 5.41) is 12.0. The van der Waals surface area contributed by atoms with Gasteiger partial charge in [-0.15, -0.1) is 11.3 Å². The van der Waals surface area contributed by atoms with E-state index in [0.717, 1.165) is 11.3 Å². The number of nitriles is 1. The van der Waals surface area contributed by atoms with Crippen molar-refractivity contribution in [2.24, 2.45) is 0 Å². The van der Waals surface area contributed by atoms with Crippen LogP contribution in [0.25, 0.3) is 6.08 Å². The summed E-state index contributed by atoms with van der Waals surface area (Å²) >= 11 is 1.56. The van der Waals surface area contributed by atoms with E-state index in [2.05, 4.69) is 12.2 Å². The second-order valence-electron chi connectivity index (χ2n) is 4.85. The fraction of sp³-hybridized carbons (Fsp3) is 0.222. The van der Waals surface area contributed by atoms with Crippen molar-refractivity contribution in [3.63, 3.8) is 0 Å². The Kier molecular flexibility index (Phi) is 5.99. The van der Waals surface area contributed by atoms with Gasteiger partial charge in [-0.1, -0.05) is 6.92 Å². The van der Waals surface area contributed by atoms with E-state index in [9.17, 15) is 10.1 Å². The highest BCUT2D eigenvalue weighted by molar-refractivity contribution is 7.12. The maximum atomic E-state index is 12.4. The van der Waals surface area contributed by atoms with Gasteiger partial charge in [-0.3, -0.25) is 4.79 Å². The van der Waals surface area contributed by atoms with Crippen LogP contribution in [-0.4, -0.2) is 20.1 Å². The fourth-order valence-electron chi connectivity index (χ4n) is 2.04. The molecule has 0 spiro atoms. The minimum absolute atomic E-state index is 0.0392. The fourth-order valence-corrected chi connectivity index (χ4v) is 2.94. The van der Waals surface area contributed by atoms with Crippen LogP contribution in [-0.2, 0) is 11.2 Å². The first-order chi connectivity index (χ1) is 11.6. The van der Waals surface area contributed by atoms with Crippen LogP contribution in [0.15, 0.2) is 35.9 Å². The highest BCUT2D eigenvalue weighted by Gasteiger charge is 2.13. The number of anilines is 1. The average Bonchev–Trinajstić information content (AvgIpc) is 3.07. The Morgan fingerprint density at radius 3 is 2.67 bits per heavy atom. The number of benzene rings is 1. The van der Waals surface area contributed by atoms with E-state index < -0.39 is 5.91 Å². The Bertz CT molecular complexity index is 803. The molecule has 1 heterocycles. The number of hydrogen-bond acceptors (Lipinski definition) is 5. The third kappa shape index (κ3) is 4.15. The molecule has 1 aromatic heterocycles. The van der Waals surface area contributed by atoms with Crippen LogP contribution in [0.1, 0.15) is 16.7 Å². The van der Waals surface area contributed by atoms with Crippen LogP contribution < -0.4 is 14.8 Å². The number of ether oxygens (including phenoxy) is 2. The Morgan fingerprint density at radius 1 is 1.29 bits per heavy atom. The Hall–Kier alpha value is -2.78. The van der Waals surface area contributed by atoms with Crippen LogP contribution >= 0.6 is 11.3 Å². The second-order valence-corrected chi connectivity index (χ2v) is 6.05. The number of carbonyl (C=O) groups excluding carboxylic acids is 1. The molecule has 6 heteroatoms. The van der Waals surface area contributed by atoms with Crippen molar-refractivity contribution >= 4 is 29.0 Å². The van der Waals surface area contributed by atoms with E-state index >= 15 is 0 Å². The predicted molar refractivity (Wildman–Crippen MR) is 95.5 cm³/mol. The van der Waals surface area contributed by atoms with Gasteiger partial charge in [0.2, 0.25) is 0 Å². The standard InChI is InChI=1S/C18H18N2O3S/c1-4-14-6-7-15(24-14)9-12(11-19)18(21)20-16-8-5-13(22-2)10-17(16)23-3/h5-10H,4H2,1-3H3,(H,20,21). The van der Waals surface area contributed by atoms with Crippen LogP contribution in [0.5, 0.6) is 11.5 Å². The number of aryl methyl sites for hydroxylation is 1. The number of amides is 1. The first kappa shape index (κ1) is 17.6. The van der Waals surface area contributed by atoms with Crippen molar-refractivity contribution in [3.05, 3.63) is 45.7 Å². The Labute approximate surface area is 145 Å². The Morgan fingerprint density at radius 2 is 2.08 bits per heavy atom. The molecule has 0 aliphatic rings. The average molecular weight is 342 g/mol. The summed E-state index contributed by atoms with van der Waals surface area (Å²) in [5.74, 6) is 0.600. The number of rotatable bonds is 6. The van der Waals surface area contributed by atoms with Crippen LogP contribution in [0.4, 0.5) is 5.69 Å².